The summed E-state index contributed by atoms with van der Waals surface area (Å²) in [6, 6.07) is 6.44. The van der Waals surface area contributed by atoms with Crippen LogP contribution in [0, 0.1) is 5.41 Å². The third-order valence-corrected chi connectivity index (χ3v) is 4.09. The summed E-state index contributed by atoms with van der Waals surface area (Å²) in [5, 5.41) is 2.84. The van der Waals surface area contributed by atoms with Gasteiger partial charge in [0.1, 0.15) is 6.04 Å². The molecular formula is C15H20F3N. The highest BCUT2D eigenvalue weighted by Crippen LogP contribution is 2.41. The Hall–Kier alpha value is -1.03. The van der Waals surface area contributed by atoms with Gasteiger partial charge in [-0.05, 0) is 23.8 Å². The van der Waals surface area contributed by atoms with Crippen LogP contribution in [0.3, 0.4) is 0 Å². The lowest BCUT2D eigenvalue weighted by atomic mass is 9.86. The van der Waals surface area contributed by atoms with Crippen molar-refractivity contribution >= 4 is 0 Å². The van der Waals surface area contributed by atoms with Crippen molar-refractivity contribution in [1.29, 1.82) is 0 Å². The van der Waals surface area contributed by atoms with Gasteiger partial charge in [0, 0.05) is 6.04 Å². The molecule has 0 radical (unpaired) electrons. The molecule has 2 atom stereocenters. The normalized spacial score (nSPS) is 24.4. The van der Waals surface area contributed by atoms with E-state index >= 15 is 0 Å². The van der Waals surface area contributed by atoms with Gasteiger partial charge in [-0.25, -0.2) is 0 Å². The van der Waals surface area contributed by atoms with Crippen LogP contribution in [-0.4, -0.2) is 12.2 Å². The number of benzene rings is 1. The van der Waals surface area contributed by atoms with Gasteiger partial charge in [0.15, 0.2) is 0 Å². The minimum absolute atomic E-state index is 0.0712. The van der Waals surface area contributed by atoms with Gasteiger partial charge in [-0.3, -0.25) is 5.32 Å². The summed E-state index contributed by atoms with van der Waals surface area (Å²) in [6.45, 7) is 4.08. The van der Waals surface area contributed by atoms with Gasteiger partial charge in [0.05, 0.1) is 0 Å². The van der Waals surface area contributed by atoms with E-state index in [4.69, 9.17) is 0 Å². The highest BCUT2D eigenvalue weighted by atomic mass is 19.4. The van der Waals surface area contributed by atoms with Gasteiger partial charge in [-0.15, -0.1) is 0 Å². The van der Waals surface area contributed by atoms with Crippen LogP contribution in [-0.2, 0) is 0 Å². The van der Waals surface area contributed by atoms with E-state index in [0.29, 0.717) is 0 Å². The number of hydrogen-bond donors (Lipinski definition) is 1. The molecule has 1 aromatic carbocycles. The second kappa shape index (κ2) is 5.16. The summed E-state index contributed by atoms with van der Waals surface area (Å²) >= 11 is 0. The van der Waals surface area contributed by atoms with E-state index in [9.17, 15) is 13.2 Å². The molecule has 0 amide bonds. The molecule has 2 unspecified atom stereocenters. The standard InChI is InChI=1S/C15H20F3N/c1-14(2)10-6-9-12(14)19-13(15(16,17)18)11-7-4-3-5-8-11/h3-5,7-8,12-13,19H,6,9-10H2,1-2H3. The highest BCUT2D eigenvalue weighted by molar-refractivity contribution is 5.21. The lowest BCUT2D eigenvalue weighted by Gasteiger charge is -2.33. The second-order valence-electron chi connectivity index (χ2n) is 5.99. The molecule has 1 nitrogen and oxygen atoms in total. The zero-order valence-electron chi connectivity index (χ0n) is 11.3. The second-order valence-corrected chi connectivity index (χ2v) is 5.99. The first-order valence-electron chi connectivity index (χ1n) is 6.68. The van der Waals surface area contributed by atoms with Crippen LogP contribution in [0.2, 0.25) is 0 Å². The van der Waals surface area contributed by atoms with Crippen LogP contribution in [0.4, 0.5) is 13.2 Å². The molecule has 1 saturated carbocycles. The molecule has 1 aliphatic carbocycles. The van der Waals surface area contributed by atoms with Gasteiger partial charge in [0.25, 0.3) is 0 Å². The zero-order valence-corrected chi connectivity index (χ0v) is 11.3. The Balaban J connectivity index is 2.21. The molecular weight excluding hydrogens is 251 g/mol. The molecule has 0 bridgehead atoms. The van der Waals surface area contributed by atoms with Crippen molar-refractivity contribution in [2.75, 3.05) is 0 Å². The van der Waals surface area contributed by atoms with Crippen LogP contribution < -0.4 is 5.32 Å². The maximum atomic E-state index is 13.2. The number of nitrogens with one attached hydrogen (secondary N) is 1. The fraction of sp³-hybridized carbons (Fsp3) is 0.600. The Kier molecular flexibility index (Phi) is 3.90. The SMILES string of the molecule is CC1(C)CCCC1NC(c1ccccc1)C(F)(F)F. The summed E-state index contributed by atoms with van der Waals surface area (Å²) in [4.78, 5) is 0. The van der Waals surface area contributed by atoms with Crippen molar-refractivity contribution in [3.8, 4) is 0 Å². The molecule has 19 heavy (non-hydrogen) atoms. The predicted octanol–water partition coefficient (Wildman–Crippen LogP) is 4.46. The summed E-state index contributed by atoms with van der Waals surface area (Å²) in [5.41, 5.74) is 0.218. The number of hydrogen-bond acceptors (Lipinski definition) is 1. The molecule has 106 valence electrons. The van der Waals surface area contributed by atoms with Crippen LogP contribution in [0.25, 0.3) is 0 Å². The zero-order chi connectivity index (χ0) is 14.1. The van der Waals surface area contributed by atoms with Crippen molar-refractivity contribution in [1.82, 2.24) is 5.32 Å². The molecule has 0 aromatic heterocycles. The maximum absolute atomic E-state index is 13.2. The van der Waals surface area contributed by atoms with Gasteiger partial charge in [-0.1, -0.05) is 50.6 Å². The Bertz CT molecular complexity index is 411. The summed E-state index contributed by atoms with van der Waals surface area (Å²) in [6.07, 6.45) is -1.49. The monoisotopic (exact) mass is 271 g/mol. The van der Waals surface area contributed by atoms with Crippen molar-refractivity contribution < 1.29 is 13.2 Å². The van der Waals surface area contributed by atoms with Gasteiger partial charge < -0.3 is 0 Å². The van der Waals surface area contributed by atoms with Crippen LogP contribution in [0.15, 0.2) is 30.3 Å². The van der Waals surface area contributed by atoms with E-state index in [1.165, 1.54) is 12.1 Å². The molecule has 0 heterocycles. The minimum atomic E-state index is -4.26. The first kappa shape index (κ1) is 14.4. The van der Waals surface area contributed by atoms with E-state index in [0.717, 1.165) is 19.3 Å². The first-order valence-corrected chi connectivity index (χ1v) is 6.68. The smallest absolute Gasteiger partial charge is 0.299 e. The molecule has 0 aliphatic heterocycles. The molecule has 4 heteroatoms. The quantitative estimate of drug-likeness (QED) is 0.856. The molecule has 0 saturated heterocycles. The Morgan fingerprint density at radius 1 is 1.21 bits per heavy atom. The molecule has 1 aliphatic rings. The third kappa shape index (κ3) is 3.30. The van der Waals surface area contributed by atoms with Crippen molar-refractivity contribution in [3.05, 3.63) is 35.9 Å². The predicted molar refractivity (Wildman–Crippen MR) is 69.8 cm³/mol. The third-order valence-electron chi connectivity index (χ3n) is 4.09. The summed E-state index contributed by atoms with van der Waals surface area (Å²) in [5.74, 6) is 0. The number of rotatable bonds is 3. The number of alkyl halides is 3. The molecule has 1 fully saturated rings. The Morgan fingerprint density at radius 3 is 2.32 bits per heavy atom. The van der Waals surface area contributed by atoms with Gasteiger partial charge in [-0.2, -0.15) is 13.2 Å². The van der Waals surface area contributed by atoms with E-state index in [1.807, 2.05) is 13.8 Å². The van der Waals surface area contributed by atoms with Crippen molar-refractivity contribution in [3.63, 3.8) is 0 Å². The lowest BCUT2D eigenvalue weighted by molar-refractivity contribution is -0.161. The maximum Gasteiger partial charge on any atom is 0.407 e. The highest BCUT2D eigenvalue weighted by Gasteiger charge is 2.45. The first-order chi connectivity index (χ1) is 8.81. The Labute approximate surface area is 112 Å². The average molecular weight is 271 g/mol. The van der Waals surface area contributed by atoms with E-state index < -0.39 is 12.2 Å². The summed E-state index contributed by atoms with van der Waals surface area (Å²) < 4.78 is 39.7. The van der Waals surface area contributed by atoms with Crippen molar-refractivity contribution in [2.24, 2.45) is 5.41 Å². The van der Waals surface area contributed by atoms with Gasteiger partial charge in [0.2, 0.25) is 0 Å². The van der Waals surface area contributed by atoms with E-state index in [1.54, 1.807) is 18.2 Å². The summed E-state index contributed by atoms with van der Waals surface area (Å²) in [7, 11) is 0. The van der Waals surface area contributed by atoms with Crippen LogP contribution >= 0.6 is 0 Å². The topological polar surface area (TPSA) is 12.0 Å². The molecule has 0 spiro atoms. The van der Waals surface area contributed by atoms with Crippen LogP contribution in [0.5, 0.6) is 0 Å². The Morgan fingerprint density at radius 2 is 1.84 bits per heavy atom. The van der Waals surface area contributed by atoms with E-state index in [-0.39, 0.29) is 17.0 Å². The number of halogens is 3. The van der Waals surface area contributed by atoms with E-state index in [2.05, 4.69) is 5.32 Å². The molecule has 1 aromatic rings. The fourth-order valence-electron chi connectivity index (χ4n) is 2.86. The van der Waals surface area contributed by atoms with Gasteiger partial charge >= 0.3 is 6.18 Å². The minimum Gasteiger partial charge on any atom is -0.299 e. The lowest BCUT2D eigenvalue weighted by Crippen LogP contribution is -2.45. The molecule has 1 N–H and O–H groups in total. The largest absolute Gasteiger partial charge is 0.407 e. The van der Waals surface area contributed by atoms with Crippen LogP contribution in [0.1, 0.15) is 44.7 Å². The molecule has 2 rings (SSSR count). The van der Waals surface area contributed by atoms with Crippen molar-refractivity contribution in [2.45, 2.75) is 51.4 Å². The average Bonchev–Trinajstić information content (AvgIpc) is 2.65. The fourth-order valence-corrected chi connectivity index (χ4v) is 2.86.